The zero-order valence-corrected chi connectivity index (χ0v) is 21.5. The summed E-state index contributed by atoms with van der Waals surface area (Å²) in [5, 5.41) is 6.75. The van der Waals surface area contributed by atoms with Crippen molar-refractivity contribution in [2.45, 2.75) is 38.6 Å². The molecule has 3 rings (SSSR count). The van der Waals surface area contributed by atoms with Crippen molar-refractivity contribution in [1.82, 2.24) is 20.5 Å². The lowest BCUT2D eigenvalue weighted by Crippen LogP contribution is -2.38. The van der Waals surface area contributed by atoms with Gasteiger partial charge in [-0.1, -0.05) is 25.0 Å². The Morgan fingerprint density at radius 3 is 2.53 bits per heavy atom. The van der Waals surface area contributed by atoms with Crippen LogP contribution in [0.2, 0.25) is 0 Å². The molecule has 32 heavy (non-hydrogen) atoms. The molecular formula is C24H36IN5O2. The summed E-state index contributed by atoms with van der Waals surface area (Å²) in [7, 11) is 3.44. The number of aromatic nitrogens is 1. The van der Waals surface area contributed by atoms with E-state index in [4.69, 9.17) is 9.47 Å². The number of halogens is 1. The van der Waals surface area contributed by atoms with Crippen LogP contribution in [0.25, 0.3) is 0 Å². The number of likely N-dealkylation sites (tertiary alicyclic amines) is 1. The van der Waals surface area contributed by atoms with Gasteiger partial charge in [0.25, 0.3) is 0 Å². The first-order valence-corrected chi connectivity index (χ1v) is 11.2. The summed E-state index contributed by atoms with van der Waals surface area (Å²) >= 11 is 0. The highest BCUT2D eigenvalue weighted by Crippen LogP contribution is 2.23. The third-order valence-electron chi connectivity index (χ3n) is 5.39. The van der Waals surface area contributed by atoms with Crippen molar-refractivity contribution in [1.29, 1.82) is 0 Å². The molecule has 1 fully saturated rings. The van der Waals surface area contributed by atoms with E-state index in [9.17, 15) is 0 Å². The Labute approximate surface area is 209 Å². The number of hydrogen-bond donors (Lipinski definition) is 2. The number of nitrogens with one attached hydrogen (secondary N) is 2. The van der Waals surface area contributed by atoms with Gasteiger partial charge in [-0.2, -0.15) is 0 Å². The lowest BCUT2D eigenvalue weighted by Gasteiger charge is -2.20. The van der Waals surface area contributed by atoms with Crippen molar-refractivity contribution in [2.24, 2.45) is 4.99 Å². The molecule has 176 valence electrons. The highest BCUT2D eigenvalue weighted by atomic mass is 127. The van der Waals surface area contributed by atoms with Crippen LogP contribution >= 0.6 is 24.0 Å². The molecule has 0 spiro atoms. The predicted molar refractivity (Wildman–Crippen MR) is 140 cm³/mol. The molecule has 8 heteroatoms. The van der Waals surface area contributed by atoms with Gasteiger partial charge in [0.15, 0.2) is 5.96 Å². The number of aliphatic imine (C=N–C) groups is 1. The maximum atomic E-state index is 5.79. The molecule has 0 unspecified atom stereocenters. The number of hydrogen-bond acceptors (Lipinski definition) is 5. The van der Waals surface area contributed by atoms with Gasteiger partial charge >= 0.3 is 0 Å². The second-order valence-electron chi connectivity index (χ2n) is 7.75. The minimum absolute atomic E-state index is 0. The first-order chi connectivity index (χ1) is 15.3. The van der Waals surface area contributed by atoms with Crippen molar-refractivity contribution < 1.29 is 9.47 Å². The van der Waals surface area contributed by atoms with Gasteiger partial charge in [-0.25, -0.2) is 4.98 Å². The highest BCUT2D eigenvalue weighted by Gasteiger charge is 2.08. The van der Waals surface area contributed by atoms with Gasteiger partial charge in [0.1, 0.15) is 11.5 Å². The fourth-order valence-corrected chi connectivity index (χ4v) is 3.64. The molecule has 2 N–H and O–H groups in total. The minimum atomic E-state index is 0. The van der Waals surface area contributed by atoms with Gasteiger partial charge in [0.2, 0.25) is 5.88 Å². The van der Waals surface area contributed by atoms with Crippen LogP contribution in [-0.4, -0.2) is 56.2 Å². The maximum absolute atomic E-state index is 5.79. The van der Waals surface area contributed by atoms with E-state index in [2.05, 4.69) is 25.5 Å². The Morgan fingerprint density at radius 2 is 1.84 bits per heavy atom. The second-order valence-corrected chi connectivity index (χ2v) is 7.75. The van der Waals surface area contributed by atoms with Crippen molar-refractivity contribution in [3.8, 4) is 17.4 Å². The van der Waals surface area contributed by atoms with Crippen molar-refractivity contribution in [3.05, 3.63) is 48.2 Å². The van der Waals surface area contributed by atoms with Gasteiger partial charge in [-0.15, -0.1) is 24.0 Å². The summed E-state index contributed by atoms with van der Waals surface area (Å²) in [4.78, 5) is 11.3. The summed E-state index contributed by atoms with van der Waals surface area (Å²) in [5.74, 6) is 2.81. The van der Waals surface area contributed by atoms with Crippen LogP contribution < -0.4 is 20.1 Å². The Balaban J connectivity index is 0.00000363. The van der Waals surface area contributed by atoms with Crippen LogP contribution in [0.5, 0.6) is 17.4 Å². The first kappa shape index (κ1) is 26.2. The van der Waals surface area contributed by atoms with Gasteiger partial charge < -0.3 is 25.0 Å². The minimum Gasteiger partial charge on any atom is -0.497 e. The Bertz CT molecular complexity index is 808. The number of ether oxygens (including phenoxy) is 2. The fraction of sp³-hybridized carbons (Fsp3) is 0.500. The van der Waals surface area contributed by atoms with Crippen molar-refractivity contribution in [2.75, 3.05) is 40.3 Å². The molecule has 0 saturated carbocycles. The van der Waals surface area contributed by atoms with Gasteiger partial charge in [0, 0.05) is 38.5 Å². The summed E-state index contributed by atoms with van der Waals surface area (Å²) in [5.41, 5.74) is 1.06. The molecule has 0 aliphatic carbocycles. The van der Waals surface area contributed by atoms with E-state index >= 15 is 0 Å². The highest BCUT2D eigenvalue weighted by molar-refractivity contribution is 14.0. The molecule has 1 saturated heterocycles. The van der Waals surface area contributed by atoms with Crippen LogP contribution in [0.15, 0.2) is 47.6 Å². The lowest BCUT2D eigenvalue weighted by atomic mass is 10.2. The molecule has 7 nitrogen and oxygen atoms in total. The predicted octanol–water partition coefficient (Wildman–Crippen LogP) is 4.43. The molecule has 2 heterocycles. The second kappa shape index (κ2) is 14.9. The third kappa shape index (κ3) is 9.20. The topological polar surface area (TPSA) is 71.0 Å². The molecule has 1 aliphatic rings. The molecule has 0 bridgehead atoms. The normalized spacial score (nSPS) is 14.8. The van der Waals surface area contributed by atoms with Gasteiger partial charge in [0.05, 0.1) is 7.11 Å². The molecule has 1 aromatic heterocycles. The summed E-state index contributed by atoms with van der Waals surface area (Å²) in [6.45, 7) is 5.22. The van der Waals surface area contributed by atoms with E-state index in [1.165, 1.54) is 38.8 Å². The van der Waals surface area contributed by atoms with E-state index in [1.54, 1.807) is 14.2 Å². The monoisotopic (exact) mass is 553 g/mol. The first-order valence-electron chi connectivity index (χ1n) is 11.2. The average molecular weight is 553 g/mol. The van der Waals surface area contributed by atoms with Crippen molar-refractivity contribution >= 4 is 29.9 Å². The lowest BCUT2D eigenvalue weighted by molar-refractivity contribution is 0.282. The third-order valence-corrected chi connectivity index (χ3v) is 5.39. The molecule has 0 atom stereocenters. The summed E-state index contributed by atoms with van der Waals surface area (Å²) in [6.07, 6.45) is 8.39. The number of rotatable bonds is 9. The van der Waals surface area contributed by atoms with E-state index in [0.717, 1.165) is 36.8 Å². The summed E-state index contributed by atoms with van der Waals surface area (Å²) < 4.78 is 11.0. The maximum Gasteiger partial charge on any atom is 0.219 e. The number of methoxy groups -OCH3 is 1. The smallest absolute Gasteiger partial charge is 0.219 e. The largest absolute Gasteiger partial charge is 0.497 e. The standard InChI is InChI=1S/C24H35N5O2.HI/c1-25-24(26-13-8-16-29-14-5-3-4-6-15-29)28-19-20-11-12-23(27-18-20)31-22-10-7-9-21(17-22)30-2;/h7,9-12,17-18H,3-6,8,13-16,19H2,1-2H3,(H2,25,26,28);1H. The van der Waals surface area contributed by atoms with Crippen LogP contribution in [-0.2, 0) is 6.54 Å². The SMILES string of the molecule is CN=C(NCCCN1CCCCCC1)NCc1ccc(Oc2cccc(OC)c2)nc1.I. The quantitative estimate of drug-likeness (QED) is 0.207. The van der Waals surface area contributed by atoms with Gasteiger partial charge in [-0.3, -0.25) is 4.99 Å². The van der Waals surface area contributed by atoms with E-state index in [1.807, 2.05) is 42.6 Å². The number of nitrogens with zero attached hydrogens (tertiary/aromatic N) is 3. The van der Waals surface area contributed by atoms with Gasteiger partial charge in [-0.05, 0) is 56.6 Å². The van der Waals surface area contributed by atoms with E-state index < -0.39 is 0 Å². The molecule has 0 amide bonds. The van der Waals surface area contributed by atoms with Crippen LogP contribution in [0, 0.1) is 0 Å². The Kier molecular flexibility index (Phi) is 12.2. The van der Waals surface area contributed by atoms with E-state index in [-0.39, 0.29) is 24.0 Å². The molecule has 2 aromatic rings. The molecular weight excluding hydrogens is 517 g/mol. The fourth-order valence-electron chi connectivity index (χ4n) is 3.64. The Hall–Kier alpha value is -2.07. The number of guanidine groups is 1. The zero-order chi connectivity index (χ0) is 21.7. The Morgan fingerprint density at radius 1 is 1.06 bits per heavy atom. The molecule has 1 aromatic carbocycles. The average Bonchev–Trinajstić information content (AvgIpc) is 3.08. The molecule has 0 radical (unpaired) electrons. The molecule has 1 aliphatic heterocycles. The van der Waals surface area contributed by atoms with E-state index in [0.29, 0.717) is 18.2 Å². The summed E-state index contributed by atoms with van der Waals surface area (Å²) in [6, 6.07) is 11.3. The van der Waals surface area contributed by atoms with Crippen molar-refractivity contribution in [3.63, 3.8) is 0 Å². The zero-order valence-electron chi connectivity index (χ0n) is 19.2. The number of pyridine rings is 1. The van der Waals surface area contributed by atoms with Crippen LogP contribution in [0.1, 0.15) is 37.7 Å². The van der Waals surface area contributed by atoms with Crippen LogP contribution in [0.3, 0.4) is 0 Å². The number of benzene rings is 1. The van der Waals surface area contributed by atoms with Crippen LogP contribution in [0.4, 0.5) is 0 Å².